The van der Waals surface area contributed by atoms with Gasteiger partial charge in [0.25, 0.3) is 0 Å². The third kappa shape index (κ3) is 9.95. The Kier molecular flexibility index (Phi) is 13.2. The molecule has 282 valence electrons. The Morgan fingerprint density at radius 3 is 1.76 bits per heavy atom. The summed E-state index contributed by atoms with van der Waals surface area (Å²) in [5.74, 6) is -1.60. The second-order valence-corrected chi connectivity index (χ2v) is 13.3. The molecule has 5 aromatic rings. The molecule has 54 heavy (non-hydrogen) atoms. The normalized spacial score (nSPS) is 21.4. The molecule has 5 atom stereocenters. The Hall–Kier alpha value is -4.55. The third-order valence-corrected chi connectivity index (χ3v) is 9.45. The molecule has 1 aliphatic heterocycles. The van der Waals surface area contributed by atoms with Crippen molar-refractivity contribution in [2.24, 2.45) is 0 Å². The van der Waals surface area contributed by atoms with Gasteiger partial charge in [0.2, 0.25) is 5.79 Å². The highest BCUT2D eigenvalue weighted by Crippen LogP contribution is 2.44. The van der Waals surface area contributed by atoms with Gasteiger partial charge in [0.1, 0.15) is 30.2 Å². The zero-order valence-electron chi connectivity index (χ0n) is 29.5. The lowest BCUT2D eigenvalue weighted by Gasteiger charge is -2.51. The number of hydrogen-bond acceptors (Lipinski definition) is 7. The van der Waals surface area contributed by atoms with E-state index in [0.717, 1.165) is 22.3 Å². The first-order chi connectivity index (χ1) is 26.2. The van der Waals surface area contributed by atoms with Gasteiger partial charge in [-0.25, -0.2) is 0 Å². The minimum atomic E-state index is -4.45. The Morgan fingerprint density at radius 2 is 1.24 bits per heavy atom. The van der Waals surface area contributed by atoms with Gasteiger partial charge < -0.3 is 33.2 Å². The summed E-state index contributed by atoms with van der Waals surface area (Å²) in [6.07, 6.45) is -7.36. The number of benzene rings is 5. The largest absolute Gasteiger partial charge is 0.484 e. The van der Waals surface area contributed by atoms with Crippen LogP contribution < -0.4 is 4.74 Å². The van der Waals surface area contributed by atoms with Crippen molar-refractivity contribution in [1.82, 2.24) is 0 Å². The fourth-order valence-electron chi connectivity index (χ4n) is 6.42. The highest BCUT2D eigenvalue weighted by Gasteiger charge is 2.58. The van der Waals surface area contributed by atoms with Crippen LogP contribution in [0.3, 0.4) is 0 Å². The average Bonchev–Trinajstić information content (AvgIpc) is 3.19. The summed E-state index contributed by atoms with van der Waals surface area (Å²) >= 11 is 6.74. The van der Waals surface area contributed by atoms with E-state index in [0.29, 0.717) is 28.9 Å². The highest BCUT2D eigenvalue weighted by molar-refractivity contribution is 6.31. The molecule has 0 aromatic heterocycles. The smallest absolute Gasteiger partial charge is 0.422 e. The number of alkyl halides is 3. The summed E-state index contributed by atoms with van der Waals surface area (Å²) < 4.78 is 75.9. The van der Waals surface area contributed by atoms with Crippen molar-refractivity contribution in [3.05, 3.63) is 172 Å². The zero-order valence-corrected chi connectivity index (χ0v) is 30.2. The molecule has 0 radical (unpaired) electrons. The van der Waals surface area contributed by atoms with Crippen molar-refractivity contribution < 1.29 is 46.4 Å². The molecule has 0 saturated carbocycles. The fraction of sp³-hybridized carbons (Fsp3) is 0.279. The van der Waals surface area contributed by atoms with E-state index < -0.39 is 43.0 Å². The van der Waals surface area contributed by atoms with Crippen molar-refractivity contribution >= 4 is 17.9 Å². The molecule has 0 amide bonds. The number of carbonyl (C=O) groups excluding carboxylic acids is 1. The van der Waals surface area contributed by atoms with Gasteiger partial charge in [-0.15, -0.1) is 0 Å². The SMILES string of the molecule is CO[C@@]1(c2ccc(Cl)c(Cc3ccc(OCC(F)(F)F)cc3)c2)O[C@H](C=O)[C@@H](OCc2ccccc2)C(OCc2ccccc2)[C@H]1OCc1ccccc1. The molecule has 7 nitrogen and oxygen atoms in total. The van der Waals surface area contributed by atoms with Gasteiger partial charge in [0, 0.05) is 17.7 Å². The number of ether oxygens (including phenoxy) is 6. The molecule has 1 saturated heterocycles. The van der Waals surface area contributed by atoms with E-state index in [1.54, 1.807) is 24.3 Å². The molecule has 0 aliphatic carbocycles. The summed E-state index contributed by atoms with van der Waals surface area (Å²) in [4.78, 5) is 13.0. The molecular formula is C43H40ClF3O7. The van der Waals surface area contributed by atoms with Crippen LogP contribution in [0.5, 0.6) is 5.75 Å². The molecule has 1 unspecified atom stereocenters. The topological polar surface area (TPSA) is 72.5 Å². The van der Waals surface area contributed by atoms with E-state index >= 15 is 0 Å². The highest BCUT2D eigenvalue weighted by atomic mass is 35.5. The lowest BCUT2D eigenvalue weighted by Crippen LogP contribution is -2.65. The van der Waals surface area contributed by atoms with Gasteiger partial charge in [-0.3, -0.25) is 0 Å². The van der Waals surface area contributed by atoms with Gasteiger partial charge in [-0.1, -0.05) is 121 Å². The molecule has 1 heterocycles. The lowest BCUT2D eigenvalue weighted by molar-refractivity contribution is -0.373. The van der Waals surface area contributed by atoms with E-state index in [1.807, 2.05) is 97.1 Å². The monoisotopic (exact) mass is 760 g/mol. The Labute approximate surface area is 317 Å². The van der Waals surface area contributed by atoms with Crippen molar-refractivity contribution in [2.45, 2.75) is 62.6 Å². The van der Waals surface area contributed by atoms with E-state index in [9.17, 15) is 18.0 Å². The summed E-state index contributed by atoms with van der Waals surface area (Å²) in [6.45, 7) is -0.864. The fourth-order valence-corrected chi connectivity index (χ4v) is 6.60. The zero-order chi connectivity index (χ0) is 38.0. The molecule has 6 rings (SSSR count). The summed E-state index contributed by atoms with van der Waals surface area (Å²) in [5.41, 5.74) is 4.65. The van der Waals surface area contributed by atoms with Crippen molar-refractivity contribution in [3.8, 4) is 5.75 Å². The maximum Gasteiger partial charge on any atom is 0.422 e. The molecular weight excluding hydrogens is 721 g/mol. The third-order valence-electron chi connectivity index (χ3n) is 9.08. The summed E-state index contributed by atoms with van der Waals surface area (Å²) in [6, 6.07) is 40.4. The molecule has 1 fully saturated rings. The van der Waals surface area contributed by atoms with Crippen LogP contribution in [0.25, 0.3) is 0 Å². The molecule has 0 spiro atoms. The van der Waals surface area contributed by atoms with E-state index in [2.05, 4.69) is 0 Å². The van der Waals surface area contributed by atoms with Gasteiger partial charge >= 0.3 is 6.18 Å². The quantitative estimate of drug-likeness (QED) is 0.0930. The minimum Gasteiger partial charge on any atom is -0.484 e. The molecule has 5 aromatic carbocycles. The van der Waals surface area contributed by atoms with Crippen LogP contribution in [0.1, 0.15) is 33.4 Å². The maximum absolute atomic E-state index is 13.0. The number of methoxy groups -OCH3 is 1. The maximum atomic E-state index is 13.0. The molecule has 1 aliphatic rings. The van der Waals surface area contributed by atoms with Crippen LogP contribution in [0.2, 0.25) is 5.02 Å². The first-order valence-corrected chi connectivity index (χ1v) is 17.8. The predicted octanol–water partition coefficient (Wildman–Crippen LogP) is 9.03. The van der Waals surface area contributed by atoms with Gasteiger partial charge in [-0.05, 0) is 58.5 Å². The summed E-state index contributed by atoms with van der Waals surface area (Å²) in [5, 5.41) is 0.438. The van der Waals surface area contributed by atoms with Gasteiger partial charge in [0.15, 0.2) is 12.9 Å². The Bertz CT molecular complexity index is 1910. The van der Waals surface area contributed by atoms with Crippen LogP contribution in [0.15, 0.2) is 133 Å². The first-order valence-electron chi connectivity index (χ1n) is 17.4. The number of aldehydes is 1. The predicted molar refractivity (Wildman–Crippen MR) is 197 cm³/mol. The first kappa shape index (κ1) is 39.2. The number of halogens is 4. The standard InChI is InChI=1S/C43H40ClF3O7/c1-49-43(35-19-22-37(44)34(24-35)23-30-17-20-36(21-18-30)53-29-42(45,46)47)41(52-28-33-15-9-4-10-16-33)40(51-27-32-13-7-3-8-14-32)39(38(25-48)54-43)50-26-31-11-5-2-6-12-31/h2-22,24-25,38-41H,23,26-29H2,1H3/t38-,39-,40?,41-,43+/m1/s1. The van der Waals surface area contributed by atoms with Gasteiger partial charge in [-0.2, -0.15) is 13.2 Å². The van der Waals surface area contributed by atoms with Crippen LogP contribution >= 0.6 is 11.6 Å². The van der Waals surface area contributed by atoms with Crippen LogP contribution in [0.4, 0.5) is 13.2 Å². The van der Waals surface area contributed by atoms with Crippen molar-refractivity contribution in [3.63, 3.8) is 0 Å². The minimum absolute atomic E-state index is 0.0914. The second-order valence-electron chi connectivity index (χ2n) is 12.9. The van der Waals surface area contributed by atoms with Crippen LogP contribution in [-0.4, -0.2) is 50.6 Å². The van der Waals surface area contributed by atoms with E-state index in [1.165, 1.54) is 19.2 Å². The molecule has 0 bridgehead atoms. The van der Waals surface area contributed by atoms with Crippen LogP contribution in [0, 0.1) is 0 Å². The number of rotatable bonds is 16. The van der Waals surface area contributed by atoms with Crippen LogP contribution in [-0.2, 0) is 60.5 Å². The van der Waals surface area contributed by atoms with Gasteiger partial charge in [0.05, 0.1) is 19.8 Å². The van der Waals surface area contributed by atoms with Crippen molar-refractivity contribution in [1.29, 1.82) is 0 Å². The number of hydrogen-bond donors (Lipinski definition) is 0. The van der Waals surface area contributed by atoms with E-state index in [4.69, 9.17) is 40.0 Å². The Morgan fingerprint density at radius 1 is 0.704 bits per heavy atom. The molecule has 0 N–H and O–H groups in total. The lowest BCUT2D eigenvalue weighted by atomic mass is 9.86. The second kappa shape index (κ2) is 18.2. The summed E-state index contributed by atoms with van der Waals surface area (Å²) in [7, 11) is 1.48. The average molecular weight is 761 g/mol. The Balaban J connectivity index is 1.37. The van der Waals surface area contributed by atoms with E-state index in [-0.39, 0.29) is 25.6 Å². The molecule has 11 heteroatoms. The van der Waals surface area contributed by atoms with Crippen molar-refractivity contribution in [2.75, 3.05) is 13.7 Å². The number of carbonyl (C=O) groups is 1.